The number of ether oxygens (including phenoxy) is 1. The lowest BCUT2D eigenvalue weighted by Crippen LogP contribution is -2.09. The summed E-state index contributed by atoms with van der Waals surface area (Å²) in [6, 6.07) is 4.03. The third kappa shape index (κ3) is 1.78. The van der Waals surface area contributed by atoms with Gasteiger partial charge in [0.05, 0.1) is 0 Å². The molecule has 4 heteroatoms. The van der Waals surface area contributed by atoms with Gasteiger partial charge in [0, 0.05) is 23.0 Å². The Hall–Kier alpha value is -0.580. The van der Waals surface area contributed by atoms with Gasteiger partial charge in [-0.05, 0) is 24.6 Å². The van der Waals surface area contributed by atoms with Gasteiger partial charge in [-0.2, -0.15) is 0 Å². The van der Waals surface area contributed by atoms with E-state index in [4.69, 9.17) is 9.94 Å². The first-order chi connectivity index (χ1) is 6.70. The van der Waals surface area contributed by atoms with Crippen LogP contribution in [0.1, 0.15) is 18.1 Å². The topological polar surface area (TPSA) is 41.5 Å². The van der Waals surface area contributed by atoms with E-state index in [9.17, 15) is 0 Å². The van der Waals surface area contributed by atoms with Crippen molar-refractivity contribution >= 4 is 15.9 Å². The summed E-state index contributed by atoms with van der Waals surface area (Å²) >= 11 is 3.44. The Morgan fingerprint density at radius 2 is 2.43 bits per heavy atom. The fourth-order valence-electron chi connectivity index (χ4n) is 1.78. The number of benzene rings is 1. The van der Waals surface area contributed by atoms with Gasteiger partial charge in [0.1, 0.15) is 11.9 Å². The molecule has 1 aromatic rings. The maximum absolute atomic E-state index is 8.69. The van der Waals surface area contributed by atoms with Gasteiger partial charge in [-0.25, -0.2) is 5.48 Å². The molecule has 0 radical (unpaired) electrons. The second-order valence-electron chi connectivity index (χ2n) is 3.52. The van der Waals surface area contributed by atoms with Crippen LogP contribution in [0.3, 0.4) is 0 Å². The van der Waals surface area contributed by atoms with Gasteiger partial charge in [-0.15, -0.1) is 0 Å². The van der Waals surface area contributed by atoms with Gasteiger partial charge < -0.3 is 9.94 Å². The minimum atomic E-state index is 0.233. The Labute approximate surface area is 91.2 Å². The predicted octanol–water partition coefficient (Wildman–Crippen LogP) is 2.25. The summed E-state index contributed by atoms with van der Waals surface area (Å²) in [5.74, 6) is 0.919. The van der Waals surface area contributed by atoms with Crippen LogP contribution in [-0.2, 0) is 13.0 Å². The standard InChI is InChI=1S/C10H12BrNO2/c1-6-2-7-3-9(11)4-8(5-12-13)10(7)14-6/h3-4,6,12-13H,2,5H2,1H3. The average Bonchev–Trinajstić information content (AvgIpc) is 2.45. The quantitative estimate of drug-likeness (QED) is 0.799. The minimum absolute atomic E-state index is 0.233. The van der Waals surface area contributed by atoms with Crippen LogP contribution in [-0.4, -0.2) is 11.3 Å². The van der Waals surface area contributed by atoms with Crippen LogP contribution < -0.4 is 10.2 Å². The van der Waals surface area contributed by atoms with Crippen molar-refractivity contribution in [2.45, 2.75) is 26.0 Å². The van der Waals surface area contributed by atoms with Crippen molar-refractivity contribution in [2.24, 2.45) is 0 Å². The molecule has 1 aliphatic heterocycles. The van der Waals surface area contributed by atoms with Crippen molar-refractivity contribution in [3.8, 4) is 5.75 Å². The lowest BCUT2D eigenvalue weighted by molar-refractivity contribution is 0.159. The Kier molecular flexibility index (Phi) is 2.76. The van der Waals surface area contributed by atoms with Crippen molar-refractivity contribution in [1.82, 2.24) is 5.48 Å². The molecule has 1 unspecified atom stereocenters. The summed E-state index contributed by atoms with van der Waals surface area (Å²) in [6.45, 7) is 2.46. The van der Waals surface area contributed by atoms with Crippen molar-refractivity contribution in [3.05, 3.63) is 27.7 Å². The molecule has 14 heavy (non-hydrogen) atoms. The van der Waals surface area contributed by atoms with Gasteiger partial charge in [0.15, 0.2) is 0 Å². The Balaban J connectivity index is 2.41. The maximum Gasteiger partial charge on any atom is 0.127 e. The molecule has 1 heterocycles. The van der Waals surface area contributed by atoms with E-state index in [1.807, 2.05) is 13.0 Å². The summed E-state index contributed by atoms with van der Waals surface area (Å²) in [6.07, 6.45) is 1.17. The van der Waals surface area contributed by atoms with Gasteiger partial charge in [0.2, 0.25) is 0 Å². The van der Waals surface area contributed by atoms with E-state index in [0.29, 0.717) is 6.54 Å². The summed E-state index contributed by atoms with van der Waals surface area (Å²) in [7, 11) is 0. The van der Waals surface area contributed by atoms with E-state index in [1.165, 1.54) is 5.56 Å². The van der Waals surface area contributed by atoms with Crippen LogP contribution in [0.5, 0.6) is 5.75 Å². The average molecular weight is 258 g/mol. The lowest BCUT2D eigenvalue weighted by Gasteiger charge is -2.09. The first-order valence-electron chi connectivity index (χ1n) is 4.55. The zero-order valence-corrected chi connectivity index (χ0v) is 9.47. The number of hydroxylamine groups is 1. The van der Waals surface area contributed by atoms with E-state index >= 15 is 0 Å². The third-order valence-electron chi connectivity index (χ3n) is 2.30. The number of halogens is 1. The van der Waals surface area contributed by atoms with Gasteiger partial charge in [-0.3, -0.25) is 0 Å². The molecule has 0 aliphatic carbocycles. The molecule has 1 aliphatic rings. The number of rotatable bonds is 2. The smallest absolute Gasteiger partial charge is 0.127 e. The van der Waals surface area contributed by atoms with Gasteiger partial charge in [0.25, 0.3) is 0 Å². The molecule has 0 spiro atoms. The summed E-state index contributed by atoms with van der Waals surface area (Å²) in [5.41, 5.74) is 4.35. The van der Waals surface area contributed by atoms with E-state index in [1.54, 1.807) is 0 Å². The normalized spacial score (nSPS) is 19.2. The highest BCUT2D eigenvalue weighted by Gasteiger charge is 2.22. The molecule has 1 atom stereocenters. The molecule has 1 aromatic carbocycles. The predicted molar refractivity (Wildman–Crippen MR) is 56.6 cm³/mol. The molecular formula is C10H12BrNO2. The highest BCUT2D eigenvalue weighted by molar-refractivity contribution is 9.10. The molecule has 3 nitrogen and oxygen atoms in total. The molecule has 0 aromatic heterocycles. The van der Waals surface area contributed by atoms with Crippen molar-refractivity contribution < 1.29 is 9.94 Å². The third-order valence-corrected chi connectivity index (χ3v) is 2.76. The molecule has 76 valence electrons. The first kappa shape index (κ1) is 9.96. The zero-order chi connectivity index (χ0) is 10.1. The number of nitrogens with one attached hydrogen (secondary N) is 1. The van der Waals surface area contributed by atoms with Gasteiger partial charge >= 0.3 is 0 Å². The van der Waals surface area contributed by atoms with Crippen LogP contribution in [0.2, 0.25) is 0 Å². The molecule has 0 saturated heterocycles. The van der Waals surface area contributed by atoms with Crippen LogP contribution >= 0.6 is 15.9 Å². The monoisotopic (exact) mass is 257 g/mol. The zero-order valence-electron chi connectivity index (χ0n) is 7.88. The Morgan fingerprint density at radius 3 is 3.14 bits per heavy atom. The second kappa shape index (κ2) is 3.88. The van der Waals surface area contributed by atoms with E-state index in [-0.39, 0.29) is 6.10 Å². The van der Waals surface area contributed by atoms with Gasteiger partial charge in [-0.1, -0.05) is 15.9 Å². The van der Waals surface area contributed by atoms with Crippen molar-refractivity contribution in [1.29, 1.82) is 0 Å². The summed E-state index contributed by atoms with van der Waals surface area (Å²) < 4.78 is 6.70. The van der Waals surface area contributed by atoms with Crippen molar-refractivity contribution in [2.75, 3.05) is 0 Å². The molecule has 0 amide bonds. The molecule has 0 fully saturated rings. The highest BCUT2D eigenvalue weighted by Crippen LogP contribution is 2.35. The molecule has 2 N–H and O–H groups in total. The van der Waals surface area contributed by atoms with E-state index in [0.717, 1.165) is 22.2 Å². The fraction of sp³-hybridized carbons (Fsp3) is 0.400. The number of fused-ring (bicyclic) bond motifs is 1. The Bertz CT molecular complexity index is 354. The second-order valence-corrected chi connectivity index (χ2v) is 4.44. The summed E-state index contributed by atoms with van der Waals surface area (Å²) in [4.78, 5) is 0. The highest BCUT2D eigenvalue weighted by atomic mass is 79.9. The maximum atomic E-state index is 8.69. The number of hydrogen-bond acceptors (Lipinski definition) is 3. The van der Waals surface area contributed by atoms with Crippen LogP contribution in [0.15, 0.2) is 16.6 Å². The lowest BCUT2D eigenvalue weighted by atomic mass is 10.1. The largest absolute Gasteiger partial charge is 0.490 e. The fourth-order valence-corrected chi connectivity index (χ4v) is 2.34. The molecule has 2 rings (SSSR count). The Morgan fingerprint density at radius 1 is 1.64 bits per heavy atom. The number of hydrogen-bond donors (Lipinski definition) is 2. The molecule has 0 saturated carbocycles. The van der Waals surface area contributed by atoms with Crippen LogP contribution in [0.4, 0.5) is 0 Å². The minimum Gasteiger partial charge on any atom is -0.490 e. The van der Waals surface area contributed by atoms with E-state index < -0.39 is 0 Å². The van der Waals surface area contributed by atoms with Crippen LogP contribution in [0.25, 0.3) is 0 Å². The summed E-state index contributed by atoms with van der Waals surface area (Å²) in [5, 5.41) is 8.69. The molecule has 0 bridgehead atoms. The first-order valence-corrected chi connectivity index (χ1v) is 5.35. The van der Waals surface area contributed by atoms with Crippen molar-refractivity contribution in [3.63, 3.8) is 0 Å². The molecular weight excluding hydrogens is 246 g/mol. The van der Waals surface area contributed by atoms with Crippen LogP contribution in [0, 0.1) is 0 Å². The SMILES string of the molecule is CC1Cc2cc(Br)cc(CNO)c2O1. The van der Waals surface area contributed by atoms with E-state index in [2.05, 4.69) is 27.5 Å².